The number of aromatic nitrogens is 2. The van der Waals surface area contributed by atoms with Crippen LogP contribution >= 0.6 is 39.1 Å². The summed E-state index contributed by atoms with van der Waals surface area (Å²) in [6.07, 6.45) is 0. The Balaban J connectivity index is 3.12. The Kier molecular flexibility index (Phi) is 1.61. The molecule has 0 spiro atoms. The number of nitrogens with zero attached hydrogens (tertiary/aromatic N) is 2. The third kappa shape index (κ3) is 1.11. The molecular formula is C2BrClN2S. The smallest absolute Gasteiger partial charge is 0.129 e. The molecule has 1 aromatic heterocycles. The summed E-state index contributed by atoms with van der Waals surface area (Å²) in [6.45, 7) is 0. The first kappa shape index (κ1) is 5.47. The molecule has 0 aromatic carbocycles. The maximum atomic E-state index is 5.47. The van der Waals surface area contributed by atoms with Crippen LogP contribution in [-0.4, -0.2) is 9.59 Å². The van der Waals surface area contributed by atoms with Gasteiger partial charge in [0, 0.05) is 11.5 Å². The third-order valence-corrected chi connectivity index (χ3v) is 2.36. The summed E-state index contributed by atoms with van der Waals surface area (Å²) in [5.41, 5.74) is 0. The van der Waals surface area contributed by atoms with Crippen molar-refractivity contribution in [3.8, 4) is 0 Å². The van der Waals surface area contributed by atoms with E-state index < -0.39 is 0 Å². The Morgan fingerprint density at radius 1 is 1.71 bits per heavy atom. The Labute approximate surface area is 57.8 Å². The average Bonchev–Trinajstić information content (AvgIpc) is 1.91. The molecule has 0 bridgehead atoms. The van der Waals surface area contributed by atoms with Crippen LogP contribution in [0.3, 0.4) is 0 Å². The predicted molar refractivity (Wildman–Crippen MR) is 32.6 cm³/mol. The van der Waals surface area contributed by atoms with Crippen molar-refractivity contribution in [3.63, 3.8) is 0 Å². The van der Waals surface area contributed by atoms with Gasteiger partial charge in [0.05, 0.1) is 0 Å². The molecule has 0 aliphatic heterocycles. The van der Waals surface area contributed by atoms with E-state index in [1.807, 2.05) is 0 Å². The zero-order valence-electron chi connectivity index (χ0n) is 3.06. The van der Waals surface area contributed by atoms with Crippen LogP contribution in [0.2, 0.25) is 4.34 Å². The summed E-state index contributed by atoms with van der Waals surface area (Å²) in [4.78, 5) is 0. The van der Waals surface area contributed by atoms with Crippen LogP contribution in [0.4, 0.5) is 0 Å². The van der Waals surface area contributed by atoms with E-state index in [0.29, 0.717) is 8.94 Å². The van der Waals surface area contributed by atoms with Gasteiger partial charge in [0.15, 0.2) is 4.60 Å². The largest absolute Gasteiger partial charge is 0.160 e. The Hall–Kier alpha value is 0.330. The number of rotatable bonds is 0. The molecule has 0 amide bonds. The Bertz CT molecular complexity index is 148. The highest BCUT2D eigenvalue weighted by atomic mass is 79.9. The molecule has 38 valence electrons. The van der Waals surface area contributed by atoms with E-state index in [-0.39, 0.29) is 0 Å². The fourth-order valence-electron chi connectivity index (χ4n) is 0.169. The van der Waals surface area contributed by atoms with Crippen LogP contribution in [0.5, 0.6) is 0 Å². The van der Waals surface area contributed by atoms with Gasteiger partial charge in [-0.1, -0.05) is 16.1 Å². The van der Waals surface area contributed by atoms with Crippen LogP contribution in [0.15, 0.2) is 4.60 Å². The van der Waals surface area contributed by atoms with Gasteiger partial charge in [0.1, 0.15) is 4.34 Å². The van der Waals surface area contributed by atoms with Gasteiger partial charge in [-0.15, -0.1) is 5.10 Å². The van der Waals surface area contributed by atoms with E-state index in [2.05, 4.69) is 25.5 Å². The highest BCUT2D eigenvalue weighted by Crippen LogP contribution is 2.21. The van der Waals surface area contributed by atoms with Gasteiger partial charge in [-0.25, -0.2) is 0 Å². The Morgan fingerprint density at radius 2 is 2.43 bits per heavy atom. The average molecular weight is 199 g/mol. The van der Waals surface area contributed by atoms with E-state index in [0.717, 1.165) is 11.5 Å². The van der Waals surface area contributed by atoms with Crippen LogP contribution in [0.1, 0.15) is 0 Å². The van der Waals surface area contributed by atoms with E-state index in [9.17, 15) is 0 Å². The van der Waals surface area contributed by atoms with Crippen LogP contribution in [0, 0.1) is 0 Å². The van der Waals surface area contributed by atoms with Crippen molar-refractivity contribution in [3.05, 3.63) is 8.94 Å². The molecular weight excluding hydrogens is 199 g/mol. The molecule has 1 rings (SSSR count). The highest BCUT2D eigenvalue weighted by Gasteiger charge is 1.96. The first-order valence-corrected chi connectivity index (χ1v) is 3.38. The van der Waals surface area contributed by atoms with Gasteiger partial charge < -0.3 is 0 Å². The van der Waals surface area contributed by atoms with Crippen LogP contribution in [-0.2, 0) is 0 Å². The maximum absolute atomic E-state index is 5.47. The van der Waals surface area contributed by atoms with Crippen LogP contribution < -0.4 is 0 Å². The Morgan fingerprint density at radius 3 is 2.57 bits per heavy atom. The van der Waals surface area contributed by atoms with Crippen molar-refractivity contribution < 1.29 is 0 Å². The second kappa shape index (κ2) is 2.07. The summed E-state index contributed by atoms with van der Waals surface area (Å²) in [5.74, 6) is 0. The lowest BCUT2D eigenvalue weighted by molar-refractivity contribution is 1.13. The molecule has 1 aromatic rings. The zero-order valence-corrected chi connectivity index (χ0v) is 6.22. The molecule has 0 unspecified atom stereocenters. The normalized spacial score (nSPS) is 9.43. The third-order valence-electron chi connectivity index (χ3n) is 0.412. The lowest BCUT2D eigenvalue weighted by Gasteiger charge is -1.68. The fourth-order valence-corrected chi connectivity index (χ4v) is 1.01. The lowest BCUT2D eigenvalue weighted by atomic mass is 11.0. The minimum atomic E-state index is 0.597. The highest BCUT2D eigenvalue weighted by molar-refractivity contribution is 9.10. The molecule has 1 heterocycles. The summed E-state index contributed by atoms with van der Waals surface area (Å²) >= 11 is 9.70. The molecule has 0 aliphatic rings. The molecule has 7 heavy (non-hydrogen) atoms. The molecule has 0 saturated heterocycles. The molecule has 5 heteroatoms. The number of hydrogen-bond acceptors (Lipinski definition) is 3. The first-order chi connectivity index (χ1) is 3.30. The summed E-state index contributed by atoms with van der Waals surface area (Å²) < 4.78 is 4.76. The van der Waals surface area contributed by atoms with Crippen LogP contribution in [0.25, 0.3) is 0 Å². The molecule has 0 fully saturated rings. The first-order valence-electron chi connectivity index (χ1n) is 1.44. The number of hydrogen-bond donors (Lipinski definition) is 0. The van der Waals surface area contributed by atoms with E-state index >= 15 is 0 Å². The van der Waals surface area contributed by atoms with Crippen molar-refractivity contribution in [1.29, 1.82) is 0 Å². The van der Waals surface area contributed by atoms with Gasteiger partial charge >= 0.3 is 0 Å². The van der Waals surface area contributed by atoms with Crippen molar-refractivity contribution in [1.82, 2.24) is 9.59 Å². The number of halogens is 2. The van der Waals surface area contributed by atoms with Crippen molar-refractivity contribution >= 4 is 39.1 Å². The lowest BCUT2D eigenvalue weighted by Crippen LogP contribution is -1.59. The van der Waals surface area contributed by atoms with Crippen molar-refractivity contribution in [2.24, 2.45) is 0 Å². The molecule has 0 radical (unpaired) electrons. The summed E-state index contributed by atoms with van der Waals surface area (Å²) in [6, 6.07) is 0. The summed E-state index contributed by atoms with van der Waals surface area (Å²) in [5, 5.41) is 3.57. The fraction of sp³-hybridized carbons (Fsp3) is 0. The molecule has 0 N–H and O–H groups in total. The molecule has 0 atom stereocenters. The standard InChI is InChI=1S/C2BrClN2S/c3-1-2(4)7-6-5-1. The second-order valence-corrected chi connectivity index (χ2v) is 2.94. The minimum Gasteiger partial charge on any atom is -0.129 e. The minimum absolute atomic E-state index is 0.597. The maximum Gasteiger partial charge on any atom is 0.160 e. The topological polar surface area (TPSA) is 25.8 Å². The summed E-state index contributed by atoms with van der Waals surface area (Å²) in [7, 11) is 0. The second-order valence-electron chi connectivity index (χ2n) is 0.837. The molecule has 0 aliphatic carbocycles. The van der Waals surface area contributed by atoms with Gasteiger partial charge in [-0.2, -0.15) is 0 Å². The molecule has 2 nitrogen and oxygen atoms in total. The van der Waals surface area contributed by atoms with Crippen molar-refractivity contribution in [2.45, 2.75) is 0 Å². The van der Waals surface area contributed by atoms with E-state index in [1.165, 1.54) is 0 Å². The van der Waals surface area contributed by atoms with E-state index in [1.54, 1.807) is 0 Å². The van der Waals surface area contributed by atoms with Gasteiger partial charge in [-0.3, -0.25) is 0 Å². The zero-order chi connectivity index (χ0) is 5.28. The quantitative estimate of drug-likeness (QED) is 0.638. The van der Waals surface area contributed by atoms with Gasteiger partial charge in [-0.05, 0) is 15.9 Å². The van der Waals surface area contributed by atoms with E-state index in [4.69, 9.17) is 11.6 Å². The predicted octanol–water partition coefficient (Wildman–Crippen LogP) is 1.95. The molecule has 0 saturated carbocycles. The van der Waals surface area contributed by atoms with Gasteiger partial charge in [0.25, 0.3) is 0 Å². The monoisotopic (exact) mass is 198 g/mol. The SMILES string of the molecule is Clc1snnc1Br. The van der Waals surface area contributed by atoms with Gasteiger partial charge in [0.2, 0.25) is 0 Å². The van der Waals surface area contributed by atoms with Crippen molar-refractivity contribution in [2.75, 3.05) is 0 Å².